The lowest BCUT2D eigenvalue weighted by Crippen LogP contribution is -2.09. The van der Waals surface area contributed by atoms with Gasteiger partial charge >= 0.3 is 0 Å². The van der Waals surface area contributed by atoms with Crippen molar-refractivity contribution in [1.29, 1.82) is 0 Å². The standard InChI is InChI=1S/C67H77N5O4/c1-5-7-9-11-13-15-17-19-21-23-43-75-59-45-57-58(46-60(59)76-44-24-22-20-18-16-14-12-10-8-6-2)69-64-54-28-26-30-56-62(54)61-53(63(64)68-57)27-25-29-55(61)65-66(56)71-67(70-65)47-31-33-48(34-32-47)72(49-35-39-51(73-3)40-36-49)50-37-41-52(74-4)42-38-50/h25-42,45-46H,5-24,43-44H2,1-4H3,(H,70,71). The predicted octanol–water partition coefficient (Wildman–Crippen LogP) is 19.3. The first-order valence-electron chi connectivity index (χ1n) is 28.7. The van der Waals surface area contributed by atoms with Crippen molar-refractivity contribution in [3.05, 3.63) is 121 Å². The van der Waals surface area contributed by atoms with Crippen LogP contribution in [0.4, 0.5) is 17.1 Å². The molecule has 0 atom stereocenters. The van der Waals surface area contributed by atoms with Gasteiger partial charge in [0.25, 0.3) is 0 Å². The molecule has 0 bridgehead atoms. The van der Waals surface area contributed by atoms with E-state index in [1.54, 1.807) is 14.2 Å². The predicted molar refractivity (Wildman–Crippen MR) is 318 cm³/mol. The Balaban J connectivity index is 0.948. The van der Waals surface area contributed by atoms with Crippen molar-refractivity contribution in [1.82, 2.24) is 19.9 Å². The zero-order valence-corrected chi connectivity index (χ0v) is 45.5. The van der Waals surface area contributed by atoms with Crippen molar-refractivity contribution in [3.63, 3.8) is 0 Å². The molecule has 0 aliphatic rings. The molecule has 1 N–H and O–H groups in total. The second-order valence-electron chi connectivity index (χ2n) is 20.8. The van der Waals surface area contributed by atoms with Crippen LogP contribution in [0.25, 0.3) is 76.8 Å². The van der Waals surface area contributed by atoms with E-state index in [0.717, 1.165) is 130 Å². The van der Waals surface area contributed by atoms with Gasteiger partial charge in [0.2, 0.25) is 0 Å². The summed E-state index contributed by atoms with van der Waals surface area (Å²) in [6.07, 6.45) is 25.7. The first kappa shape index (κ1) is 52.3. The zero-order valence-electron chi connectivity index (χ0n) is 45.5. The van der Waals surface area contributed by atoms with E-state index in [2.05, 4.69) is 121 Å². The number of anilines is 3. The van der Waals surface area contributed by atoms with Crippen molar-refractivity contribution in [3.8, 4) is 34.4 Å². The highest BCUT2D eigenvalue weighted by Gasteiger charge is 2.23. The number of unbranched alkanes of at least 4 members (excludes halogenated alkanes) is 18. The summed E-state index contributed by atoms with van der Waals surface area (Å²) >= 11 is 0. The lowest BCUT2D eigenvalue weighted by Gasteiger charge is -2.26. The highest BCUT2D eigenvalue weighted by Crippen LogP contribution is 2.45. The summed E-state index contributed by atoms with van der Waals surface area (Å²) in [6.45, 7) is 5.88. The maximum absolute atomic E-state index is 6.62. The second kappa shape index (κ2) is 25.6. The van der Waals surface area contributed by atoms with E-state index >= 15 is 0 Å². The Labute approximate surface area is 449 Å². The number of hydrogen-bond acceptors (Lipinski definition) is 8. The minimum atomic E-state index is 0.654. The molecule has 8 aromatic carbocycles. The van der Waals surface area contributed by atoms with E-state index in [1.807, 2.05) is 24.3 Å². The van der Waals surface area contributed by atoms with Crippen molar-refractivity contribution in [2.75, 3.05) is 32.3 Å². The Hall–Kier alpha value is -7.13. The molecular formula is C67H77N5O4. The third-order valence-corrected chi connectivity index (χ3v) is 15.4. The molecule has 0 unspecified atom stereocenters. The number of aromatic amines is 1. The summed E-state index contributed by atoms with van der Waals surface area (Å²) in [6, 6.07) is 42.1. The number of hydrogen-bond donors (Lipinski definition) is 1. The minimum absolute atomic E-state index is 0.654. The highest BCUT2D eigenvalue weighted by atomic mass is 16.5. The summed E-state index contributed by atoms with van der Waals surface area (Å²) in [4.78, 5) is 22.3. The maximum Gasteiger partial charge on any atom is 0.163 e. The fraction of sp³-hybridized carbons (Fsp3) is 0.388. The number of ether oxygens (including phenoxy) is 4. The number of fused-ring (bicyclic) bond motifs is 7. The van der Waals surface area contributed by atoms with Crippen LogP contribution < -0.4 is 23.8 Å². The lowest BCUT2D eigenvalue weighted by atomic mass is 9.91. The average molecular weight is 1020 g/mol. The van der Waals surface area contributed by atoms with Gasteiger partial charge in [-0.1, -0.05) is 166 Å². The van der Waals surface area contributed by atoms with E-state index < -0.39 is 0 Å². The number of methoxy groups -OCH3 is 2. The number of aromatic nitrogens is 4. The van der Waals surface area contributed by atoms with Gasteiger partial charge in [-0.3, -0.25) is 0 Å². The Morgan fingerprint density at radius 2 is 0.789 bits per heavy atom. The van der Waals surface area contributed by atoms with Gasteiger partial charge in [-0.25, -0.2) is 15.0 Å². The van der Waals surface area contributed by atoms with Crippen LogP contribution in [0.3, 0.4) is 0 Å². The summed E-state index contributed by atoms with van der Waals surface area (Å²) < 4.78 is 24.2. The quantitative estimate of drug-likeness (QED) is 0.0270. The van der Waals surface area contributed by atoms with Crippen LogP contribution in [0.2, 0.25) is 0 Å². The molecular weight excluding hydrogens is 939 g/mol. The third-order valence-electron chi connectivity index (χ3n) is 15.4. The first-order valence-corrected chi connectivity index (χ1v) is 28.7. The Kier molecular flexibility index (Phi) is 17.6. The fourth-order valence-electron chi connectivity index (χ4n) is 11.2. The van der Waals surface area contributed by atoms with Gasteiger partial charge in [0.15, 0.2) is 11.5 Å². The van der Waals surface area contributed by atoms with Crippen LogP contribution in [-0.2, 0) is 0 Å². The molecule has 9 heteroatoms. The highest BCUT2D eigenvalue weighted by molar-refractivity contribution is 6.38. The summed E-state index contributed by atoms with van der Waals surface area (Å²) in [5, 5.41) is 6.64. The van der Waals surface area contributed by atoms with Crippen molar-refractivity contribution in [2.24, 2.45) is 0 Å². The number of H-pyrrole nitrogens is 1. The molecule has 2 aromatic heterocycles. The molecule has 394 valence electrons. The van der Waals surface area contributed by atoms with Crippen molar-refractivity contribution < 1.29 is 18.9 Å². The molecule has 0 fully saturated rings. The number of imidazole rings is 1. The van der Waals surface area contributed by atoms with Gasteiger partial charge in [-0.05, 0) is 85.6 Å². The topological polar surface area (TPSA) is 94.6 Å². The van der Waals surface area contributed by atoms with E-state index in [4.69, 9.17) is 33.9 Å². The summed E-state index contributed by atoms with van der Waals surface area (Å²) in [5.41, 5.74) is 9.33. The van der Waals surface area contributed by atoms with E-state index in [0.29, 0.717) is 13.2 Å². The largest absolute Gasteiger partial charge is 0.497 e. The normalized spacial score (nSPS) is 11.8. The molecule has 2 heterocycles. The van der Waals surface area contributed by atoms with Gasteiger partial charge in [0.05, 0.1) is 60.5 Å². The lowest BCUT2D eigenvalue weighted by molar-refractivity contribution is 0.259. The van der Waals surface area contributed by atoms with Crippen LogP contribution in [0, 0.1) is 0 Å². The number of nitrogens with one attached hydrogen (secondary N) is 1. The number of rotatable bonds is 30. The molecule has 0 radical (unpaired) electrons. The van der Waals surface area contributed by atoms with E-state index in [9.17, 15) is 0 Å². The van der Waals surface area contributed by atoms with Crippen LogP contribution in [-0.4, -0.2) is 47.4 Å². The minimum Gasteiger partial charge on any atom is -0.497 e. The number of benzene rings is 8. The maximum atomic E-state index is 6.62. The van der Waals surface area contributed by atoms with Crippen molar-refractivity contribution in [2.45, 2.75) is 142 Å². The molecule has 0 spiro atoms. The number of nitrogens with zero attached hydrogens (tertiary/aromatic N) is 4. The molecule has 0 amide bonds. The summed E-state index contributed by atoms with van der Waals surface area (Å²) in [7, 11) is 3.38. The SMILES string of the molecule is CCCCCCCCCCCCOc1cc2nc3c4cccc5c6nc(-c7ccc(N(c8ccc(OC)cc8)c8ccc(OC)cc8)cc7)[nH]c6c6cccc(c3nc2cc1OCCCCCCCCCCCC)c6c45. The van der Waals surface area contributed by atoms with Crippen molar-refractivity contribution >= 4 is 82.5 Å². The Morgan fingerprint density at radius 1 is 0.408 bits per heavy atom. The van der Waals surface area contributed by atoms with Crippen LogP contribution in [0.5, 0.6) is 23.0 Å². The monoisotopic (exact) mass is 1020 g/mol. The van der Waals surface area contributed by atoms with Crippen LogP contribution in [0.1, 0.15) is 142 Å². The molecule has 10 aromatic rings. The Bertz CT molecular complexity index is 3240. The third kappa shape index (κ3) is 11.8. The van der Waals surface area contributed by atoms with Gasteiger partial charge in [-0.15, -0.1) is 0 Å². The van der Waals surface area contributed by atoms with Gasteiger partial charge in [0.1, 0.15) is 17.3 Å². The van der Waals surface area contributed by atoms with E-state index in [1.165, 1.54) is 116 Å². The molecule has 9 nitrogen and oxygen atoms in total. The fourth-order valence-corrected chi connectivity index (χ4v) is 11.2. The molecule has 0 saturated carbocycles. The second-order valence-corrected chi connectivity index (χ2v) is 20.8. The average Bonchev–Trinajstić information content (AvgIpc) is 4.09. The smallest absolute Gasteiger partial charge is 0.163 e. The van der Waals surface area contributed by atoms with E-state index in [-0.39, 0.29) is 0 Å². The summed E-state index contributed by atoms with van der Waals surface area (Å²) in [5.74, 6) is 3.94. The van der Waals surface area contributed by atoms with Gasteiger partial charge < -0.3 is 28.8 Å². The molecule has 0 saturated heterocycles. The molecule has 10 rings (SSSR count). The molecule has 0 aliphatic carbocycles. The van der Waals surface area contributed by atoms with Crippen LogP contribution in [0.15, 0.2) is 121 Å². The molecule has 76 heavy (non-hydrogen) atoms. The Morgan fingerprint density at radius 3 is 1.22 bits per heavy atom. The zero-order chi connectivity index (χ0) is 52.1. The van der Waals surface area contributed by atoms with Crippen LogP contribution >= 0.6 is 0 Å². The molecule has 0 aliphatic heterocycles. The van der Waals surface area contributed by atoms with Gasteiger partial charge in [-0.2, -0.15) is 0 Å². The first-order chi connectivity index (χ1) is 37.6. The van der Waals surface area contributed by atoms with Gasteiger partial charge in [0, 0.05) is 67.1 Å².